The average Bonchev–Trinajstić information content (AvgIpc) is 2.89. The monoisotopic (exact) mass is 569 g/mol. The van der Waals surface area contributed by atoms with Crippen molar-refractivity contribution >= 4 is 39.1 Å². The predicted octanol–water partition coefficient (Wildman–Crippen LogP) is 4.97. The molecule has 0 heterocycles. The molecular formula is C30H36ClN3O4S. The van der Waals surface area contributed by atoms with Gasteiger partial charge in [0.05, 0.1) is 11.9 Å². The molecule has 0 aliphatic rings. The Hall–Kier alpha value is -3.36. The van der Waals surface area contributed by atoms with Crippen molar-refractivity contribution in [2.45, 2.75) is 45.7 Å². The molecule has 3 rings (SSSR count). The molecule has 3 aromatic carbocycles. The summed E-state index contributed by atoms with van der Waals surface area (Å²) in [5.74, 6) is -0.768. The van der Waals surface area contributed by atoms with Gasteiger partial charge < -0.3 is 10.2 Å². The largest absolute Gasteiger partial charge is 0.354 e. The number of carbonyl (C=O) groups excluding carboxylic acids is 2. The second-order valence-corrected chi connectivity index (χ2v) is 12.0. The molecule has 1 atom stereocenters. The first-order valence-corrected chi connectivity index (χ1v) is 15.2. The smallest absolute Gasteiger partial charge is 0.244 e. The first-order valence-electron chi connectivity index (χ1n) is 13.0. The predicted molar refractivity (Wildman–Crippen MR) is 157 cm³/mol. The molecule has 0 fully saturated rings. The van der Waals surface area contributed by atoms with Gasteiger partial charge in [-0.3, -0.25) is 13.9 Å². The van der Waals surface area contributed by atoms with Crippen LogP contribution < -0.4 is 9.62 Å². The molecular weight excluding hydrogens is 534 g/mol. The third-order valence-corrected chi connectivity index (χ3v) is 7.69. The standard InChI is InChI=1S/C30H36ClN3O4S/c1-4-5-17-32-30(36)28(19-24-12-7-6-8-13-24)33(21-25-14-9-11-23(2)18-25)29(35)22-34(39(3,37)38)27-16-10-15-26(31)20-27/h6-16,18,20,28H,4-5,17,19,21-22H2,1-3H3,(H,32,36)/t28-/m0/s1. The molecule has 0 radical (unpaired) electrons. The lowest BCUT2D eigenvalue weighted by molar-refractivity contribution is -0.140. The summed E-state index contributed by atoms with van der Waals surface area (Å²) in [6.45, 7) is 4.16. The highest BCUT2D eigenvalue weighted by atomic mass is 35.5. The van der Waals surface area contributed by atoms with Crippen LogP contribution in [0.1, 0.15) is 36.5 Å². The Bertz CT molecular complexity index is 1370. The van der Waals surface area contributed by atoms with Crippen LogP contribution >= 0.6 is 11.6 Å². The van der Waals surface area contributed by atoms with Gasteiger partial charge in [-0.2, -0.15) is 0 Å². The fraction of sp³-hybridized carbons (Fsp3) is 0.333. The molecule has 2 amide bonds. The van der Waals surface area contributed by atoms with Crippen molar-refractivity contribution < 1.29 is 18.0 Å². The number of rotatable bonds is 13. The van der Waals surface area contributed by atoms with E-state index in [1.54, 1.807) is 18.2 Å². The number of nitrogens with zero attached hydrogens (tertiary/aromatic N) is 2. The van der Waals surface area contributed by atoms with Gasteiger partial charge in [0.15, 0.2) is 0 Å². The van der Waals surface area contributed by atoms with Crippen molar-refractivity contribution in [1.82, 2.24) is 10.2 Å². The maximum absolute atomic E-state index is 14.0. The number of benzene rings is 3. The minimum atomic E-state index is -3.84. The second kappa shape index (κ2) is 14.1. The number of hydrogen-bond acceptors (Lipinski definition) is 4. The summed E-state index contributed by atoms with van der Waals surface area (Å²) in [5.41, 5.74) is 3.03. The lowest BCUT2D eigenvalue weighted by Crippen LogP contribution is -2.53. The Morgan fingerprint density at radius 2 is 1.64 bits per heavy atom. The SMILES string of the molecule is CCCCNC(=O)[C@H](Cc1ccccc1)N(Cc1cccc(C)c1)C(=O)CN(c1cccc(Cl)c1)S(C)(=O)=O. The zero-order valence-corrected chi connectivity index (χ0v) is 24.2. The molecule has 3 aromatic rings. The zero-order chi connectivity index (χ0) is 28.4. The molecule has 1 N–H and O–H groups in total. The Balaban J connectivity index is 2.03. The van der Waals surface area contributed by atoms with Gasteiger partial charge in [-0.15, -0.1) is 0 Å². The first-order chi connectivity index (χ1) is 18.6. The van der Waals surface area contributed by atoms with Crippen LogP contribution in [0.3, 0.4) is 0 Å². The van der Waals surface area contributed by atoms with Crippen LogP contribution in [0.2, 0.25) is 5.02 Å². The van der Waals surface area contributed by atoms with E-state index in [-0.39, 0.29) is 24.6 Å². The van der Waals surface area contributed by atoms with Crippen LogP contribution in [-0.4, -0.2) is 50.5 Å². The zero-order valence-electron chi connectivity index (χ0n) is 22.6. The van der Waals surface area contributed by atoms with Gasteiger partial charge in [-0.1, -0.05) is 91.2 Å². The number of sulfonamides is 1. The molecule has 0 aliphatic carbocycles. The van der Waals surface area contributed by atoms with E-state index in [0.717, 1.165) is 40.1 Å². The van der Waals surface area contributed by atoms with Crippen LogP contribution in [0.25, 0.3) is 0 Å². The third kappa shape index (κ3) is 9.11. The molecule has 0 unspecified atom stereocenters. The highest BCUT2D eigenvalue weighted by Crippen LogP contribution is 2.23. The first kappa shape index (κ1) is 30.2. The summed E-state index contributed by atoms with van der Waals surface area (Å²) in [6.07, 6.45) is 3.06. The molecule has 0 saturated heterocycles. The molecule has 0 saturated carbocycles. The van der Waals surface area contributed by atoms with Crippen molar-refractivity contribution in [3.63, 3.8) is 0 Å². The topological polar surface area (TPSA) is 86.8 Å². The minimum absolute atomic E-state index is 0.145. The fourth-order valence-electron chi connectivity index (χ4n) is 4.31. The summed E-state index contributed by atoms with van der Waals surface area (Å²) in [6, 6.07) is 22.7. The Morgan fingerprint density at radius 1 is 0.949 bits per heavy atom. The number of nitrogens with one attached hydrogen (secondary N) is 1. The van der Waals surface area contributed by atoms with Gasteiger partial charge in [-0.25, -0.2) is 8.42 Å². The molecule has 208 valence electrons. The maximum Gasteiger partial charge on any atom is 0.244 e. The lowest BCUT2D eigenvalue weighted by atomic mass is 10.0. The van der Waals surface area contributed by atoms with E-state index in [1.165, 1.54) is 11.0 Å². The summed E-state index contributed by atoms with van der Waals surface area (Å²) >= 11 is 6.13. The van der Waals surface area contributed by atoms with E-state index < -0.39 is 28.5 Å². The van der Waals surface area contributed by atoms with Crippen molar-refractivity contribution in [1.29, 1.82) is 0 Å². The quantitative estimate of drug-likeness (QED) is 0.294. The number of amides is 2. The molecule has 0 aliphatic heterocycles. The fourth-order valence-corrected chi connectivity index (χ4v) is 5.34. The van der Waals surface area contributed by atoms with Crippen LogP contribution in [0.4, 0.5) is 5.69 Å². The molecule has 9 heteroatoms. The van der Waals surface area contributed by atoms with Crippen molar-refractivity contribution in [3.8, 4) is 0 Å². The van der Waals surface area contributed by atoms with Crippen LogP contribution in [-0.2, 0) is 32.6 Å². The number of unbranched alkanes of at least 4 members (excludes halogenated alkanes) is 1. The second-order valence-electron chi connectivity index (χ2n) is 9.61. The van der Waals surface area contributed by atoms with Gasteiger partial charge in [0.25, 0.3) is 0 Å². The normalized spacial score (nSPS) is 12.0. The van der Waals surface area contributed by atoms with E-state index >= 15 is 0 Å². The molecule has 0 spiro atoms. The number of carbonyl (C=O) groups is 2. The van der Waals surface area contributed by atoms with E-state index in [2.05, 4.69) is 5.32 Å². The number of anilines is 1. The van der Waals surface area contributed by atoms with E-state index in [0.29, 0.717) is 11.6 Å². The van der Waals surface area contributed by atoms with Gasteiger partial charge in [-0.05, 0) is 42.7 Å². The number of halogens is 1. The van der Waals surface area contributed by atoms with E-state index in [1.807, 2.05) is 68.4 Å². The van der Waals surface area contributed by atoms with Crippen molar-refractivity contribution in [2.24, 2.45) is 0 Å². The number of aryl methyl sites for hydroxylation is 1. The van der Waals surface area contributed by atoms with E-state index in [4.69, 9.17) is 11.6 Å². The summed E-state index contributed by atoms with van der Waals surface area (Å²) in [5, 5.41) is 3.33. The van der Waals surface area contributed by atoms with Crippen molar-refractivity contribution in [2.75, 3.05) is 23.7 Å². The van der Waals surface area contributed by atoms with Crippen LogP contribution in [0.5, 0.6) is 0 Å². The van der Waals surface area contributed by atoms with Crippen LogP contribution in [0.15, 0.2) is 78.9 Å². The van der Waals surface area contributed by atoms with Crippen LogP contribution in [0, 0.1) is 6.92 Å². The number of hydrogen-bond donors (Lipinski definition) is 1. The van der Waals surface area contributed by atoms with Gasteiger partial charge in [0.2, 0.25) is 21.8 Å². The lowest BCUT2D eigenvalue weighted by Gasteiger charge is -2.33. The highest BCUT2D eigenvalue weighted by Gasteiger charge is 2.33. The summed E-state index contributed by atoms with van der Waals surface area (Å²) in [4.78, 5) is 29.1. The Labute approximate surface area is 236 Å². The Kier molecular flexibility index (Phi) is 10.9. The summed E-state index contributed by atoms with van der Waals surface area (Å²) in [7, 11) is -3.84. The minimum Gasteiger partial charge on any atom is -0.354 e. The Morgan fingerprint density at radius 3 is 2.28 bits per heavy atom. The molecule has 0 aromatic heterocycles. The molecule has 39 heavy (non-hydrogen) atoms. The molecule has 7 nitrogen and oxygen atoms in total. The summed E-state index contributed by atoms with van der Waals surface area (Å²) < 4.78 is 26.6. The average molecular weight is 570 g/mol. The third-order valence-electron chi connectivity index (χ3n) is 6.31. The van der Waals surface area contributed by atoms with Gasteiger partial charge in [0.1, 0.15) is 12.6 Å². The van der Waals surface area contributed by atoms with E-state index in [9.17, 15) is 18.0 Å². The van der Waals surface area contributed by atoms with Gasteiger partial charge in [0, 0.05) is 24.5 Å². The van der Waals surface area contributed by atoms with Crippen molar-refractivity contribution in [3.05, 3.63) is 101 Å². The highest BCUT2D eigenvalue weighted by molar-refractivity contribution is 7.92. The maximum atomic E-state index is 14.0. The van der Waals surface area contributed by atoms with Gasteiger partial charge >= 0.3 is 0 Å². The molecule has 0 bridgehead atoms.